The second-order valence-corrected chi connectivity index (χ2v) is 25.7. The first-order chi connectivity index (χ1) is 49.7. The number of carboxylic acid groups (broad SMARTS) is 3. The van der Waals surface area contributed by atoms with Gasteiger partial charge in [-0.3, -0.25) is 76.9 Å². The molecule has 2 aromatic carbocycles. The van der Waals surface area contributed by atoms with Gasteiger partial charge in [-0.15, -0.1) is 0 Å². The van der Waals surface area contributed by atoms with E-state index in [-0.39, 0.29) is 94.4 Å². The molecule has 105 heavy (non-hydrogen) atoms. The van der Waals surface area contributed by atoms with Crippen LogP contribution in [0.1, 0.15) is 135 Å². The van der Waals surface area contributed by atoms with Crippen molar-refractivity contribution in [2.24, 2.45) is 33.8 Å². The van der Waals surface area contributed by atoms with E-state index in [2.05, 4.69) is 76.1 Å². The highest BCUT2D eigenvalue weighted by Crippen LogP contribution is 2.16. The summed E-state index contributed by atoms with van der Waals surface area (Å²) in [5, 5.41) is 78.5. The molecule has 37 nitrogen and oxygen atoms in total. The molecule has 0 unspecified atom stereocenters. The van der Waals surface area contributed by atoms with Gasteiger partial charge >= 0.3 is 17.9 Å². The number of nitrogens with one attached hydrogen (secondary N) is 12. The molecule has 0 spiro atoms. The van der Waals surface area contributed by atoms with Crippen LogP contribution >= 0.6 is 12.6 Å². The normalized spacial score (nSPS) is 14.4. The minimum atomic E-state index is -2.02. The molecule has 0 radical (unpaired) electrons. The van der Waals surface area contributed by atoms with Gasteiger partial charge in [0.15, 0.2) is 5.96 Å². The van der Waals surface area contributed by atoms with Crippen LogP contribution in [0.15, 0.2) is 59.6 Å². The number of aliphatic carboxylic acids is 3. The van der Waals surface area contributed by atoms with Crippen LogP contribution in [0.2, 0.25) is 0 Å². The topological polar surface area (TPSA) is 618 Å². The molecule has 0 aliphatic heterocycles. The number of rotatable bonds is 52. The van der Waals surface area contributed by atoms with Crippen LogP contribution in [-0.2, 0) is 84.8 Å². The number of aliphatic imine (C=N–C) groups is 1. The SMILES string of the molecule is CCCC[C@H](NC)C(=O)N[C@@H](CC(C)C)C(=O)N[C@@H](Cc1ccccc1)C(=O)N[C@@H](CCCC)C(=O)N[C@@H](Cc1ccc(O)cc1)C(=O)N[C@@H](CCCCNC(=O)[C@H](CO)NC(=O)[C@@H](CCCN=C(N)N)NC(=O)[C@H](CC(=O)O)NC(=O)[C@H](CS)NC(=O)[C@H](CC(=O)O)NC(=O)[C@@H](N)CC(=O)O)C(N)=O. The van der Waals surface area contributed by atoms with Gasteiger partial charge in [0.05, 0.1) is 38.0 Å². The summed E-state index contributed by atoms with van der Waals surface area (Å²) in [7, 11) is 1.65. The van der Waals surface area contributed by atoms with E-state index >= 15 is 0 Å². The number of carbonyl (C=O) groups excluding carboxylic acids is 12. The van der Waals surface area contributed by atoms with Gasteiger partial charge in [-0.05, 0) is 87.6 Å². The maximum atomic E-state index is 14.5. The average Bonchev–Trinajstić information content (AvgIpc) is 0.925. The van der Waals surface area contributed by atoms with Gasteiger partial charge in [0.1, 0.15) is 66.2 Å². The van der Waals surface area contributed by atoms with E-state index in [1.165, 1.54) is 24.3 Å². The molecule has 0 saturated heterocycles. The van der Waals surface area contributed by atoms with Crippen molar-refractivity contribution >= 4 is 107 Å². The molecule has 584 valence electrons. The van der Waals surface area contributed by atoms with Gasteiger partial charge in [0.25, 0.3) is 0 Å². The molecular weight excluding hydrogens is 1390 g/mol. The van der Waals surface area contributed by atoms with Crippen molar-refractivity contribution in [2.75, 3.05) is 32.5 Å². The maximum absolute atomic E-state index is 14.5. The van der Waals surface area contributed by atoms with Crippen molar-refractivity contribution in [3.8, 4) is 5.75 Å². The fourth-order valence-electron chi connectivity index (χ4n) is 10.4. The van der Waals surface area contributed by atoms with Crippen LogP contribution in [0, 0.1) is 5.92 Å². The Bertz CT molecular complexity index is 3260. The smallest absolute Gasteiger partial charge is 0.305 e. The van der Waals surface area contributed by atoms with Gasteiger partial charge in [0, 0.05) is 31.7 Å². The van der Waals surface area contributed by atoms with Crippen LogP contribution < -0.4 is 86.7 Å². The summed E-state index contributed by atoms with van der Waals surface area (Å²) >= 11 is 4.01. The van der Waals surface area contributed by atoms with E-state index in [1.807, 2.05) is 33.0 Å². The minimum absolute atomic E-state index is 0.0166. The third-order valence-electron chi connectivity index (χ3n) is 16.1. The number of nitrogens with two attached hydrogens (primary N) is 4. The lowest BCUT2D eigenvalue weighted by atomic mass is 9.99. The number of aromatic hydroxyl groups is 1. The summed E-state index contributed by atoms with van der Waals surface area (Å²) in [4.78, 5) is 203. The molecule has 0 aliphatic carbocycles. The van der Waals surface area contributed by atoms with Crippen molar-refractivity contribution in [1.29, 1.82) is 0 Å². The molecule has 12 atom stereocenters. The Kier molecular flexibility index (Phi) is 42.1. The van der Waals surface area contributed by atoms with Crippen LogP contribution in [-0.4, -0.2) is 225 Å². The number of aliphatic hydroxyl groups excluding tert-OH is 1. The lowest BCUT2D eigenvalue weighted by Crippen LogP contribution is -2.60. The van der Waals surface area contributed by atoms with Crippen molar-refractivity contribution in [1.82, 2.24) is 63.8 Å². The Balaban J connectivity index is 2.33. The molecular formula is C67H105N17O20S. The zero-order valence-corrected chi connectivity index (χ0v) is 60.5. The Morgan fingerprint density at radius 2 is 0.838 bits per heavy atom. The van der Waals surface area contributed by atoms with Crippen molar-refractivity contribution in [3.05, 3.63) is 65.7 Å². The molecule has 0 heterocycles. The number of likely N-dealkylation sites (N-methyl/N-ethyl adjacent to an activating group) is 1. The van der Waals surface area contributed by atoms with E-state index in [1.54, 1.807) is 37.4 Å². The van der Waals surface area contributed by atoms with Crippen LogP contribution in [0.3, 0.4) is 0 Å². The second-order valence-electron chi connectivity index (χ2n) is 25.3. The number of hydrogen-bond donors (Lipinski definition) is 22. The van der Waals surface area contributed by atoms with Crippen molar-refractivity contribution < 1.29 is 97.5 Å². The zero-order valence-electron chi connectivity index (χ0n) is 59.6. The molecule has 25 N–H and O–H groups in total. The quantitative estimate of drug-likeness (QED) is 0.0129. The summed E-state index contributed by atoms with van der Waals surface area (Å²) in [5.41, 5.74) is 23.3. The molecule has 12 amide bonds. The summed E-state index contributed by atoms with van der Waals surface area (Å²) < 4.78 is 0. The number of thiol groups is 1. The maximum Gasteiger partial charge on any atom is 0.305 e. The molecule has 0 bridgehead atoms. The number of guanidine groups is 1. The molecule has 38 heteroatoms. The monoisotopic (exact) mass is 1500 g/mol. The summed E-state index contributed by atoms with van der Waals surface area (Å²) in [6.07, 6.45) is -0.254. The molecule has 2 aromatic rings. The highest BCUT2D eigenvalue weighted by molar-refractivity contribution is 7.80. The Labute approximate surface area is 613 Å². The third-order valence-corrected chi connectivity index (χ3v) is 16.5. The number of unbranched alkanes of at least 4 members (excludes halogenated alkanes) is 3. The highest BCUT2D eigenvalue weighted by Gasteiger charge is 2.37. The van der Waals surface area contributed by atoms with Crippen LogP contribution in [0.4, 0.5) is 0 Å². The molecule has 0 aromatic heterocycles. The number of aliphatic hydroxyl groups is 1. The number of nitrogens with zero attached hydrogens (tertiary/aromatic N) is 1. The van der Waals surface area contributed by atoms with Crippen LogP contribution in [0.5, 0.6) is 5.75 Å². The molecule has 0 saturated carbocycles. The van der Waals surface area contributed by atoms with Gasteiger partial charge in [-0.2, -0.15) is 12.6 Å². The summed E-state index contributed by atoms with van der Waals surface area (Å²) in [5.74, 6) is -17.5. The van der Waals surface area contributed by atoms with E-state index in [9.17, 15) is 92.3 Å². The average molecular weight is 1500 g/mol. The fourth-order valence-corrected chi connectivity index (χ4v) is 10.6. The predicted octanol–water partition coefficient (Wildman–Crippen LogP) is -4.46. The van der Waals surface area contributed by atoms with E-state index in [4.69, 9.17) is 28.0 Å². The summed E-state index contributed by atoms with van der Waals surface area (Å²) in [6, 6.07) is -3.29. The molecule has 0 fully saturated rings. The number of carboxylic acids is 3. The summed E-state index contributed by atoms with van der Waals surface area (Å²) in [6.45, 7) is 6.30. The number of benzene rings is 2. The Hall–Kier alpha value is -10.2. The van der Waals surface area contributed by atoms with Gasteiger partial charge < -0.3 is 112 Å². The van der Waals surface area contributed by atoms with E-state index in [0.717, 1.165) is 12.8 Å². The molecule has 2 rings (SSSR count). The Morgan fingerprint density at radius 3 is 1.30 bits per heavy atom. The van der Waals surface area contributed by atoms with E-state index < -0.39 is 187 Å². The lowest BCUT2D eigenvalue weighted by Gasteiger charge is -2.28. The van der Waals surface area contributed by atoms with Crippen LogP contribution in [0.25, 0.3) is 0 Å². The first-order valence-electron chi connectivity index (χ1n) is 34.4. The van der Waals surface area contributed by atoms with Crippen molar-refractivity contribution in [2.45, 2.75) is 209 Å². The number of hydrogen-bond acceptors (Lipinski definition) is 21. The minimum Gasteiger partial charge on any atom is -0.508 e. The standard InChI is InChI=1S/C67H105N17O20S/c1-6-8-18-42(72-5)58(96)79-45(28-36(3)4)61(99)81-46(29-37-16-11-10-12-17-37)63(101)76-43(19-9-7-2)59(97)80-47(30-38-22-24-39(86)25-23-38)62(100)75-41(55(69)93)20-13-14-26-73-57(95)50(34-85)83-60(98)44(21-15-27-74-67(70)71)77-64(102)49(33-54(91)92)82-66(104)51(35-105)84-65(103)48(32-53(89)90)78-56(94)40(68)31-52(87)88/h10-12,16-17,22-25,36,40-51,72,85-86,105H,6-9,13-15,18-21,26-35,68H2,1-5H3,(H2,69,93)(H,73,95)(H,75,100)(H,76,101)(H,77,102)(H,78,94)(H,79,96)(H,80,97)(H,81,99)(H,82,104)(H,83,98)(H,84,103)(H,87,88)(H,89,90)(H,91,92)(H4,70,71,74)/t40-,41-,42-,43-,44+,45-,46-,47-,48-,49-,50-,51-/m0/s1. The fraction of sp³-hybridized carbons (Fsp3) is 0.582. The molecule has 0 aliphatic rings. The largest absolute Gasteiger partial charge is 0.508 e. The number of primary amides is 1. The van der Waals surface area contributed by atoms with Gasteiger partial charge in [0.2, 0.25) is 70.9 Å². The number of phenolic OH excluding ortho intramolecular Hbond substituents is 1. The second kappa shape index (κ2) is 48.7. The van der Waals surface area contributed by atoms with Crippen molar-refractivity contribution in [3.63, 3.8) is 0 Å². The number of amides is 12. The third kappa shape index (κ3) is 35.7. The van der Waals surface area contributed by atoms with Gasteiger partial charge in [-0.1, -0.05) is 95.8 Å². The van der Waals surface area contributed by atoms with Gasteiger partial charge in [-0.25, -0.2) is 0 Å². The van der Waals surface area contributed by atoms with E-state index in [0.29, 0.717) is 30.4 Å². The first kappa shape index (κ1) is 90.9. The number of carbonyl (C=O) groups is 15. The zero-order chi connectivity index (χ0) is 78.9. The number of phenols is 1. The Morgan fingerprint density at radius 1 is 0.448 bits per heavy atom. The first-order valence-corrected chi connectivity index (χ1v) is 35.1. The lowest BCUT2D eigenvalue weighted by molar-refractivity contribution is -0.142. The predicted molar refractivity (Wildman–Crippen MR) is 384 cm³/mol. The highest BCUT2D eigenvalue weighted by atomic mass is 32.1.